The lowest BCUT2D eigenvalue weighted by Crippen LogP contribution is -2.47. The van der Waals surface area contributed by atoms with E-state index in [2.05, 4.69) is 29.3 Å². The van der Waals surface area contributed by atoms with Crippen LogP contribution in [0.5, 0.6) is 0 Å². The average Bonchev–Trinajstić information content (AvgIpc) is 2.28. The third-order valence-corrected chi connectivity index (χ3v) is 3.94. The molecule has 2 aliphatic heterocycles. The lowest BCUT2D eigenvalue weighted by atomic mass is 9.97. The highest BCUT2D eigenvalue weighted by molar-refractivity contribution is 6.34. The van der Waals surface area contributed by atoms with Gasteiger partial charge in [-0.05, 0) is 43.9 Å². The maximum atomic E-state index is 6.39. The fourth-order valence-corrected chi connectivity index (χ4v) is 3.28. The average molecular weight is 237 g/mol. The van der Waals surface area contributed by atoms with Gasteiger partial charge in [-0.15, -0.1) is 0 Å². The molecule has 0 aliphatic carbocycles. The largest absolute Gasteiger partial charge is 0.381 e. The molecule has 1 unspecified atom stereocenters. The number of halogens is 1. The lowest BCUT2D eigenvalue weighted by molar-refractivity contribution is 0.466. The fraction of sp³-hybridized carbons (Fsp3) is 0.538. The highest BCUT2D eigenvalue weighted by Crippen LogP contribution is 2.41. The monoisotopic (exact) mass is 236 g/mol. The predicted octanol–water partition coefficient (Wildman–Crippen LogP) is 3.43. The molecule has 2 heterocycles. The minimum Gasteiger partial charge on any atom is -0.381 e. The van der Waals surface area contributed by atoms with Crippen LogP contribution in [0.25, 0.3) is 0 Å². The van der Waals surface area contributed by atoms with Gasteiger partial charge in [-0.1, -0.05) is 11.6 Å². The Hall–Kier alpha value is -0.890. The number of nitrogens with one attached hydrogen (secondary N) is 1. The van der Waals surface area contributed by atoms with Crippen LogP contribution in [-0.2, 0) is 0 Å². The summed E-state index contributed by atoms with van der Waals surface area (Å²) >= 11 is 6.39. The summed E-state index contributed by atoms with van der Waals surface area (Å²) in [6.07, 6.45) is 3.93. The van der Waals surface area contributed by atoms with Crippen LogP contribution in [0.4, 0.5) is 11.4 Å². The second-order valence-corrected chi connectivity index (χ2v) is 5.27. The van der Waals surface area contributed by atoms with Crippen molar-refractivity contribution in [1.29, 1.82) is 0 Å². The molecule has 1 atom stereocenters. The van der Waals surface area contributed by atoms with Gasteiger partial charge in [0.1, 0.15) is 0 Å². The van der Waals surface area contributed by atoms with E-state index in [1.807, 2.05) is 0 Å². The van der Waals surface area contributed by atoms with Gasteiger partial charge in [0.15, 0.2) is 0 Å². The first-order valence-corrected chi connectivity index (χ1v) is 6.44. The van der Waals surface area contributed by atoms with E-state index in [0.29, 0.717) is 6.04 Å². The van der Waals surface area contributed by atoms with Crippen molar-refractivity contribution in [2.75, 3.05) is 23.3 Å². The van der Waals surface area contributed by atoms with Crippen LogP contribution >= 0.6 is 11.6 Å². The Bertz CT molecular complexity index is 417. The minimum absolute atomic E-state index is 0.640. The zero-order chi connectivity index (χ0) is 11.1. The van der Waals surface area contributed by atoms with Gasteiger partial charge in [0.05, 0.1) is 16.4 Å². The van der Waals surface area contributed by atoms with E-state index in [-0.39, 0.29) is 0 Å². The number of aryl methyl sites for hydroxylation is 1. The highest BCUT2D eigenvalue weighted by atomic mass is 35.5. The topological polar surface area (TPSA) is 15.3 Å². The Labute approximate surface area is 102 Å². The number of nitrogens with zero attached hydrogens (tertiary/aromatic N) is 1. The zero-order valence-electron chi connectivity index (χ0n) is 9.59. The van der Waals surface area contributed by atoms with Crippen molar-refractivity contribution in [2.24, 2.45) is 0 Å². The number of piperidine rings is 1. The number of anilines is 2. The van der Waals surface area contributed by atoms with Gasteiger partial charge in [0.2, 0.25) is 0 Å². The van der Waals surface area contributed by atoms with Crippen LogP contribution in [0.2, 0.25) is 5.02 Å². The van der Waals surface area contributed by atoms with Crippen LogP contribution in [0.15, 0.2) is 12.1 Å². The molecule has 16 heavy (non-hydrogen) atoms. The first kappa shape index (κ1) is 10.3. The van der Waals surface area contributed by atoms with Crippen molar-refractivity contribution >= 4 is 23.0 Å². The Balaban J connectivity index is 2.07. The molecule has 0 radical (unpaired) electrons. The maximum Gasteiger partial charge on any atom is 0.0794 e. The predicted molar refractivity (Wildman–Crippen MR) is 69.7 cm³/mol. The van der Waals surface area contributed by atoms with Gasteiger partial charge < -0.3 is 10.2 Å². The highest BCUT2D eigenvalue weighted by Gasteiger charge is 2.29. The molecule has 2 nitrogen and oxygen atoms in total. The quantitative estimate of drug-likeness (QED) is 0.743. The van der Waals surface area contributed by atoms with E-state index < -0.39 is 0 Å². The summed E-state index contributed by atoms with van der Waals surface area (Å²) in [6.45, 7) is 4.31. The number of benzene rings is 1. The van der Waals surface area contributed by atoms with Gasteiger partial charge in [0.25, 0.3) is 0 Å². The summed E-state index contributed by atoms with van der Waals surface area (Å²) in [7, 11) is 0. The number of rotatable bonds is 0. The lowest BCUT2D eigenvalue weighted by Gasteiger charge is -2.43. The van der Waals surface area contributed by atoms with Gasteiger partial charge >= 0.3 is 0 Å². The fourth-order valence-electron chi connectivity index (χ4n) is 2.90. The molecule has 0 amide bonds. The van der Waals surface area contributed by atoms with Crippen LogP contribution in [0.1, 0.15) is 24.8 Å². The van der Waals surface area contributed by atoms with Crippen molar-refractivity contribution in [3.63, 3.8) is 0 Å². The Morgan fingerprint density at radius 1 is 1.38 bits per heavy atom. The molecule has 1 fully saturated rings. The summed E-state index contributed by atoms with van der Waals surface area (Å²) in [5.41, 5.74) is 3.66. The van der Waals surface area contributed by atoms with Crippen molar-refractivity contribution < 1.29 is 0 Å². The van der Waals surface area contributed by atoms with Gasteiger partial charge in [-0.25, -0.2) is 0 Å². The smallest absolute Gasteiger partial charge is 0.0794 e. The third kappa shape index (κ3) is 1.56. The van der Waals surface area contributed by atoms with Gasteiger partial charge in [-0.2, -0.15) is 0 Å². The molecule has 0 aromatic heterocycles. The van der Waals surface area contributed by atoms with E-state index in [0.717, 1.165) is 18.1 Å². The molecule has 1 saturated heterocycles. The van der Waals surface area contributed by atoms with Crippen LogP contribution < -0.4 is 10.2 Å². The van der Waals surface area contributed by atoms with Crippen molar-refractivity contribution in [1.82, 2.24) is 0 Å². The molecule has 86 valence electrons. The number of fused-ring (bicyclic) bond motifs is 3. The minimum atomic E-state index is 0.640. The van der Waals surface area contributed by atoms with Crippen LogP contribution in [-0.4, -0.2) is 19.1 Å². The summed E-state index contributed by atoms with van der Waals surface area (Å²) in [6, 6.07) is 4.91. The molecular weight excluding hydrogens is 220 g/mol. The van der Waals surface area contributed by atoms with Gasteiger partial charge in [0, 0.05) is 19.1 Å². The van der Waals surface area contributed by atoms with Gasteiger partial charge in [-0.3, -0.25) is 0 Å². The van der Waals surface area contributed by atoms with Crippen molar-refractivity contribution in [2.45, 2.75) is 32.2 Å². The normalized spacial score (nSPS) is 23.4. The summed E-state index contributed by atoms with van der Waals surface area (Å²) < 4.78 is 0. The molecule has 0 bridgehead atoms. The van der Waals surface area contributed by atoms with E-state index in [4.69, 9.17) is 11.6 Å². The number of hydrogen-bond donors (Lipinski definition) is 1. The Morgan fingerprint density at radius 3 is 3.12 bits per heavy atom. The molecule has 2 aliphatic rings. The molecule has 1 aromatic carbocycles. The van der Waals surface area contributed by atoms with E-state index >= 15 is 0 Å². The zero-order valence-corrected chi connectivity index (χ0v) is 10.3. The second-order valence-electron chi connectivity index (χ2n) is 4.87. The SMILES string of the molecule is Cc1cc(Cl)c2c(c1)NCC1CCCCN21. The van der Waals surface area contributed by atoms with Crippen molar-refractivity contribution in [3.8, 4) is 0 Å². The number of hydrogen-bond acceptors (Lipinski definition) is 2. The summed E-state index contributed by atoms with van der Waals surface area (Å²) in [5.74, 6) is 0. The maximum absolute atomic E-state index is 6.39. The molecule has 0 spiro atoms. The molecule has 0 saturated carbocycles. The first-order valence-electron chi connectivity index (χ1n) is 6.06. The molecular formula is C13H17ClN2. The Kier molecular flexibility index (Phi) is 2.47. The summed E-state index contributed by atoms with van der Waals surface area (Å²) in [4.78, 5) is 2.50. The summed E-state index contributed by atoms with van der Waals surface area (Å²) in [5, 5.41) is 4.41. The van der Waals surface area contributed by atoms with Crippen LogP contribution in [0.3, 0.4) is 0 Å². The molecule has 3 rings (SSSR count). The second kappa shape index (κ2) is 3.85. The van der Waals surface area contributed by atoms with Crippen LogP contribution in [0, 0.1) is 6.92 Å². The van der Waals surface area contributed by atoms with Crippen molar-refractivity contribution in [3.05, 3.63) is 22.7 Å². The van der Waals surface area contributed by atoms with E-state index in [1.165, 1.54) is 36.2 Å². The molecule has 1 N–H and O–H groups in total. The standard InChI is InChI=1S/C13H17ClN2/c1-9-6-11(14)13-12(7-9)15-8-10-4-2-3-5-16(10)13/h6-7,10,15H,2-5,8H2,1H3. The first-order chi connectivity index (χ1) is 7.75. The Morgan fingerprint density at radius 2 is 2.25 bits per heavy atom. The molecule has 3 heteroatoms. The third-order valence-electron chi connectivity index (χ3n) is 3.65. The van der Waals surface area contributed by atoms with E-state index in [1.54, 1.807) is 0 Å². The van der Waals surface area contributed by atoms with E-state index in [9.17, 15) is 0 Å². The molecule has 1 aromatic rings.